The molecule has 0 N–H and O–H groups in total. The van der Waals surface area contributed by atoms with E-state index in [1.165, 1.54) is 102 Å². The lowest BCUT2D eigenvalue weighted by Gasteiger charge is -2.28. The number of carbonyl (C=O) groups excluding carboxylic acids is 5. The lowest BCUT2D eigenvalue weighted by molar-refractivity contribution is -0.191. The maximum absolute atomic E-state index is 15.2. The third kappa shape index (κ3) is 17.1. The topological polar surface area (TPSA) is 194 Å². The number of aryl methyl sites for hydroxylation is 4. The number of ketones is 1. The van der Waals surface area contributed by atoms with E-state index in [0.717, 1.165) is 86.4 Å². The molecule has 0 amide bonds. The maximum Gasteiger partial charge on any atom is 0.373 e. The Morgan fingerprint density at radius 2 is 0.493 bits per heavy atom. The number of hydrogen-bond donors (Lipinski definition) is 0. The normalized spacial score (nSPS) is 14.4. The van der Waals surface area contributed by atoms with Gasteiger partial charge < -0.3 is 38.6 Å². The zero-order valence-electron chi connectivity index (χ0n) is 82.9. The summed E-state index contributed by atoms with van der Waals surface area (Å²) in [6.07, 6.45) is 4.99. The first-order chi connectivity index (χ1) is 69.3. The molecule has 22 rings (SSSR count). The molecule has 0 fully saturated rings. The van der Waals surface area contributed by atoms with Crippen molar-refractivity contribution in [3.63, 3.8) is 0 Å². The van der Waals surface area contributed by atoms with Crippen LogP contribution < -0.4 is 19.6 Å². The third-order valence-corrected chi connectivity index (χ3v) is 33.7. The van der Waals surface area contributed by atoms with E-state index in [9.17, 15) is 14.4 Å². The summed E-state index contributed by atoms with van der Waals surface area (Å²) >= 11 is 0. The fourth-order valence-corrected chi connectivity index (χ4v) is 25.9. The Hall–Kier alpha value is -15.4. The van der Waals surface area contributed by atoms with Crippen LogP contribution in [0.1, 0.15) is 162 Å². The molecule has 0 saturated heterocycles. The van der Waals surface area contributed by atoms with E-state index in [4.69, 9.17) is 23.8 Å². The molecule has 4 aliphatic carbocycles. The second-order valence-corrected chi connectivity index (χ2v) is 43.9. The Morgan fingerprint density at radius 1 is 0.271 bits per heavy atom. The summed E-state index contributed by atoms with van der Waals surface area (Å²) in [6, 6.07) is 117. The minimum Gasteiger partial charge on any atom is -0.469 e. The van der Waals surface area contributed by atoms with Gasteiger partial charge in [-0.2, -0.15) is 9.59 Å². The number of nitrogens with zero attached hydrogens (tertiary/aromatic N) is 4. The standard InChI is InChI=1S/C64H58N2O6S.C61H54N2O4S.CO2/c1-41(67)15-16-42-17-22-44(23-18-42)65(46-26-30-52-50-11-7-9-13-56(50)63(2,3)58(52)37-46)48-28-32-54-55-33-29-49(40-61(55)73(69,70)60(54)39-48)66(45-24-19-43(20-25-45)21-34-62(68)72-36-35-71-6)47-27-31-53-51-12-8-10-14-57(51)64(4,5)59(53)38-47;1-7-12-39-17-22-41(23-18-39)62(43-26-30-49-47-13-8-10-15-53(47)60(2,3)55(49)35-43)45-28-32-51-52-33-29-46(38-58(52)68(65,66)57(51)37-45)63(42-24-19-40(20-25-42)21-34-59(64)67-6)44-27-31-50-48-14-9-11-16-54(48)61(4,5)56(50)36-44;2-1-3/h7-14,17-20,22-33,37-40H,15-16,21,34-36H2,1-6H3;8-11,13-20,22-33,35-38H,7,12,21,34H2,1-6H3;. The van der Waals surface area contributed by atoms with Crippen molar-refractivity contribution in [2.24, 2.45) is 0 Å². The van der Waals surface area contributed by atoms with Gasteiger partial charge in [0.05, 0.1) is 33.3 Å². The van der Waals surface area contributed by atoms with E-state index in [2.05, 4.69) is 306 Å². The quantitative estimate of drug-likeness (QED) is 0.0366. The summed E-state index contributed by atoms with van der Waals surface area (Å²) in [4.78, 5) is 62.3. The van der Waals surface area contributed by atoms with Crippen LogP contribution in [0, 0.1) is 0 Å². The lowest BCUT2D eigenvalue weighted by Crippen LogP contribution is -2.16. The number of hydrogen-bond acceptors (Lipinski definition) is 16. The first-order valence-corrected chi connectivity index (χ1v) is 52.1. The molecular weight excluding hydrogens is 1830 g/mol. The van der Waals surface area contributed by atoms with Crippen molar-refractivity contribution in [1.82, 2.24) is 0 Å². The molecule has 6 aliphatic rings. The molecule has 2 aliphatic heterocycles. The minimum atomic E-state index is -4.02. The van der Waals surface area contributed by atoms with Crippen LogP contribution in [-0.4, -0.2) is 68.1 Å². The van der Waals surface area contributed by atoms with Crippen LogP contribution in [0.2, 0.25) is 0 Å². The number of fused-ring (bicyclic) bond motifs is 18. The van der Waals surface area contributed by atoms with Gasteiger partial charge in [0.25, 0.3) is 0 Å². The van der Waals surface area contributed by atoms with Gasteiger partial charge in [0.1, 0.15) is 12.4 Å². The Labute approximate surface area is 843 Å². The van der Waals surface area contributed by atoms with Crippen LogP contribution >= 0.6 is 0 Å². The largest absolute Gasteiger partial charge is 0.469 e. The zero-order chi connectivity index (χ0) is 101. The second-order valence-electron chi connectivity index (χ2n) is 40.2. The molecule has 0 bridgehead atoms. The summed E-state index contributed by atoms with van der Waals surface area (Å²) < 4.78 is 76.0. The SMILES string of the molecule is CCCc1ccc(N(c2ccc3c(c2)C(C)(C)c2ccccc2-3)c2ccc3c(c2)S(=O)(=O)c2cc(N(c4ccc(CCC(=O)OC)cc4)c4ccc5c(c4)C(C)(C)c4ccccc4-5)ccc2-3)cc1.COCCOC(=O)CCc1ccc(N(c2ccc3c(c2)C(C)(C)c2ccccc2-3)c2ccc3c(c2)S(=O)(=O)c2cc(N(c4ccc(CCC(C)=O)cc4)c4ccc5c(c4)C(C)(C)c4ccccc4-5)ccc2-3)cc1.O=C=O. The van der Waals surface area contributed by atoms with Crippen LogP contribution in [0.15, 0.2) is 359 Å². The molecule has 0 unspecified atom stereocenters. The van der Waals surface area contributed by atoms with Crippen molar-refractivity contribution in [2.45, 2.75) is 162 Å². The minimum absolute atomic E-state index is 0.145. The number of carbonyl (C=O) groups is 3. The van der Waals surface area contributed by atoms with Crippen molar-refractivity contribution in [3.8, 4) is 66.8 Å². The van der Waals surface area contributed by atoms with Crippen LogP contribution in [0.5, 0.6) is 0 Å². The number of esters is 2. The molecule has 144 heavy (non-hydrogen) atoms. The first kappa shape index (κ1) is 96.1. The van der Waals surface area contributed by atoms with E-state index in [1.807, 2.05) is 115 Å². The van der Waals surface area contributed by atoms with E-state index < -0.39 is 19.7 Å². The Kier molecular flexibility index (Phi) is 25.4. The number of rotatable bonds is 26. The fourth-order valence-electron chi connectivity index (χ4n) is 22.5. The van der Waals surface area contributed by atoms with Crippen molar-refractivity contribution in [2.75, 3.05) is 47.0 Å². The van der Waals surface area contributed by atoms with Crippen molar-refractivity contribution >= 4 is 112 Å². The molecule has 0 spiro atoms. The molecular formula is C126H112N4O12S2. The molecule has 0 aromatic heterocycles. The molecule has 16 nitrogen and oxygen atoms in total. The fraction of sp³-hybridized carbons (Fsp3) is 0.206. The summed E-state index contributed by atoms with van der Waals surface area (Å²) in [5.74, 6) is -0.386. The summed E-state index contributed by atoms with van der Waals surface area (Å²) in [7, 11) is -5.01. The van der Waals surface area contributed by atoms with Crippen molar-refractivity contribution in [1.29, 1.82) is 0 Å². The number of sulfone groups is 2. The first-order valence-electron chi connectivity index (χ1n) is 49.2. The van der Waals surface area contributed by atoms with Gasteiger partial charge in [-0.15, -0.1) is 0 Å². The summed E-state index contributed by atoms with van der Waals surface area (Å²) in [5, 5.41) is 0. The summed E-state index contributed by atoms with van der Waals surface area (Å²) in [5.41, 5.74) is 36.0. The van der Waals surface area contributed by atoms with E-state index in [1.54, 1.807) is 14.0 Å². The second kappa shape index (κ2) is 38.1. The molecule has 0 radical (unpaired) electrons. The highest BCUT2D eigenvalue weighted by Crippen LogP contribution is 2.59. The van der Waals surface area contributed by atoms with Gasteiger partial charge in [0.2, 0.25) is 19.7 Å². The highest BCUT2D eigenvalue weighted by atomic mass is 32.2. The number of benzene rings is 16. The molecule has 720 valence electrons. The Morgan fingerprint density at radius 3 is 0.743 bits per heavy atom. The Bertz CT molecular complexity index is 8120. The molecule has 16 aromatic rings. The van der Waals surface area contributed by atoms with Gasteiger partial charge >= 0.3 is 18.1 Å². The zero-order valence-corrected chi connectivity index (χ0v) is 84.5. The van der Waals surface area contributed by atoms with Crippen LogP contribution in [-0.2, 0) is 105 Å². The monoisotopic (exact) mass is 1940 g/mol. The molecule has 2 heterocycles. The average Bonchev–Trinajstić information content (AvgIpc) is 1.56. The smallest absolute Gasteiger partial charge is 0.373 e. The molecule has 18 heteroatoms. The maximum atomic E-state index is 15.2. The van der Waals surface area contributed by atoms with Crippen LogP contribution in [0.3, 0.4) is 0 Å². The highest BCUT2D eigenvalue weighted by Gasteiger charge is 2.44. The molecule has 0 atom stereocenters. The van der Waals surface area contributed by atoms with Crippen LogP contribution in [0.4, 0.5) is 68.2 Å². The predicted molar refractivity (Wildman–Crippen MR) is 573 cm³/mol. The van der Waals surface area contributed by atoms with Gasteiger partial charge in [0.15, 0.2) is 0 Å². The highest BCUT2D eigenvalue weighted by molar-refractivity contribution is 7.92. The Balaban J connectivity index is 0.000000172. The molecule has 16 aromatic carbocycles. The van der Waals surface area contributed by atoms with E-state index >= 15 is 16.8 Å². The van der Waals surface area contributed by atoms with E-state index in [-0.39, 0.29) is 79.7 Å². The number of Topliss-reactive ketones (excluding diaryl/α,β-unsaturated/α-hetero) is 1. The average molecular weight is 1940 g/mol. The lowest BCUT2D eigenvalue weighted by atomic mass is 9.82. The van der Waals surface area contributed by atoms with Gasteiger partial charge in [-0.1, -0.05) is 263 Å². The summed E-state index contributed by atoms with van der Waals surface area (Å²) in [6.45, 7) is 22.5. The van der Waals surface area contributed by atoms with Crippen molar-refractivity contribution < 1.29 is 55.0 Å². The number of methoxy groups -OCH3 is 2. The predicted octanol–water partition coefficient (Wildman–Crippen LogP) is 29.2. The van der Waals surface area contributed by atoms with Gasteiger partial charge in [-0.05, 0) is 289 Å². The van der Waals surface area contributed by atoms with Gasteiger partial charge in [-0.25, -0.2) is 16.8 Å². The number of ether oxygens (including phenoxy) is 3. The molecule has 0 saturated carbocycles. The van der Waals surface area contributed by atoms with Gasteiger partial charge in [0, 0.05) is 139 Å². The van der Waals surface area contributed by atoms with E-state index in [0.29, 0.717) is 70.8 Å². The third-order valence-electron chi connectivity index (χ3n) is 30.0. The van der Waals surface area contributed by atoms with Crippen LogP contribution in [0.25, 0.3) is 66.8 Å². The van der Waals surface area contributed by atoms with Gasteiger partial charge in [-0.3, -0.25) is 9.59 Å². The number of anilines is 12. The van der Waals surface area contributed by atoms with Crippen molar-refractivity contribution in [3.05, 3.63) is 406 Å².